The predicted molar refractivity (Wildman–Crippen MR) is 78.1 cm³/mol. The highest BCUT2D eigenvalue weighted by Gasteiger charge is 2.02. The smallest absolute Gasteiger partial charge is 0.238 e. The van der Waals surface area contributed by atoms with E-state index >= 15 is 0 Å². The highest BCUT2D eigenvalue weighted by Crippen LogP contribution is 2.17. The van der Waals surface area contributed by atoms with Crippen LogP contribution in [0.1, 0.15) is 31.4 Å². The van der Waals surface area contributed by atoms with Crippen molar-refractivity contribution in [2.75, 3.05) is 5.75 Å². The molecule has 1 aromatic rings. The molecule has 1 unspecified atom stereocenters. The number of thioether (sulfide) groups is 1. The molecule has 0 saturated carbocycles. The lowest BCUT2D eigenvalue weighted by atomic mass is 10.1. The fourth-order valence-corrected chi connectivity index (χ4v) is 2.67. The van der Waals surface area contributed by atoms with E-state index in [2.05, 4.69) is 31.4 Å². The average molecular weight is 266 g/mol. The molecule has 0 radical (unpaired) electrons. The molecule has 0 bridgehead atoms. The summed E-state index contributed by atoms with van der Waals surface area (Å²) in [5.74, 6) is 7.91. The largest absolute Gasteiger partial charge is 0.294 e. The molecule has 100 valence electrons. The minimum Gasteiger partial charge on any atom is -0.294 e. The van der Waals surface area contributed by atoms with E-state index in [0.717, 1.165) is 17.2 Å². The summed E-state index contributed by atoms with van der Waals surface area (Å²) in [5.41, 5.74) is 4.44. The fraction of sp³-hybridized carbons (Fsp3) is 0.500. The number of benzene rings is 1. The van der Waals surface area contributed by atoms with Gasteiger partial charge in [0.05, 0.1) is 6.42 Å². The quantitative estimate of drug-likeness (QED) is 0.453. The molecule has 1 rings (SSSR count). The Morgan fingerprint density at radius 2 is 1.94 bits per heavy atom. The number of amides is 1. The van der Waals surface area contributed by atoms with E-state index in [0.29, 0.717) is 6.42 Å². The second kappa shape index (κ2) is 8.16. The third-order valence-corrected chi connectivity index (χ3v) is 4.26. The van der Waals surface area contributed by atoms with Crippen LogP contribution >= 0.6 is 11.8 Å². The van der Waals surface area contributed by atoms with Crippen LogP contribution in [-0.4, -0.2) is 11.7 Å². The summed E-state index contributed by atoms with van der Waals surface area (Å²) in [5, 5.41) is 0. The number of carbonyl (C=O) groups is 1. The first kappa shape index (κ1) is 15.1. The molecular formula is C14H22N2OS. The molecule has 0 saturated heterocycles. The Labute approximate surface area is 113 Å². The molecule has 1 aromatic carbocycles. The molecule has 0 fully saturated rings. The predicted octanol–water partition coefficient (Wildman–Crippen LogP) is 2.50. The summed E-state index contributed by atoms with van der Waals surface area (Å²) in [7, 11) is 0. The second-order valence-corrected chi connectivity index (χ2v) is 5.62. The molecule has 1 atom stereocenters. The third kappa shape index (κ3) is 5.56. The van der Waals surface area contributed by atoms with Crippen molar-refractivity contribution in [2.24, 2.45) is 11.8 Å². The van der Waals surface area contributed by atoms with Crippen LogP contribution in [0.4, 0.5) is 0 Å². The zero-order valence-corrected chi connectivity index (χ0v) is 11.9. The summed E-state index contributed by atoms with van der Waals surface area (Å²) < 4.78 is 0. The maximum atomic E-state index is 11.1. The van der Waals surface area contributed by atoms with Gasteiger partial charge in [-0.15, -0.1) is 0 Å². The molecular weight excluding hydrogens is 244 g/mol. The van der Waals surface area contributed by atoms with E-state index in [1.807, 2.05) is 23.9 Å². The summed E-state index contributed by atoms with van der Waals surface area (Å²) in [6.07, 6.45) is 1.58. The first-order chi connectivity index (χ1) is 8.65. The number of hydrazine groups is 1. The summed E-state index contributed by atoms with van der Waals surface area (Å²) in [4.78, 5) is 11.1. The SMILES string of the molecule is CCC(C)CSCc1ccc(CC(=O)NN)cc1. The molecule has 0 aliphatic heterocycles. The van der Waals surface area contributed by atoms with Gasteiger partial charge in [-0.05, 0) is 22.8 Å². The Balaban J connectivity index is 2.38. The van der Waals surface area contributed by atoms with Crippen molar-refractivity contribution in [1.82, 2.24) is 5.43 Å². The molecule has 0 heterocycles. The van der Waals surface area contributed by atoms with Gasteiger partial charge in [-0.2, -0.15) is 11.8 Å². The van der Waals surface area contributed by atoms with Crippen molar-refractivity contribution in [2.45, 2.75) is 32.4 Å². The van der Waals surface area contributed by atoms with Gasteiger partial charge in [0, 0.05) is 5.75 Å². The zero-order chi connectivity index (χ0) is 13.4. The van der Waals surface area contributed by atoms with Gasteiger partial charge in [0.1, 0.15) is 0 Å². The molecule has 0 aromatic heterocycles. The van der Waals surface area contributed by atoms with Crippen molar-refractivity contribution >= 4 is 17.7 Å². The minimum atomic E-state index is -0.158. The maximum Gasteiger partial charge on any atom is 0.238 e. The van der Waals surface area contributed by atoms with Crippen molar-refractivity contribution in [3.05, 3.63) is 35.4 Å². The molecule has 3 N–H and O–H groups in total. The van der Waals surface area contributed by atoms with Crippen LogP contribution in [-0.2, 0) is 17.0 Å². The van der Waals surface area contributed by atoms with Gasteiger partial charge in [0.15, 0.2) is 0 Å². The number of hydrogen-bond acceptors (Lipinski definition) is 3. The van der Waals surface area contributed by atoms with Crippen LogP contribution in [0.15, 0.2) is 24.3 Å². The van der Waals surface area contributed by atoms with Gasteiger partial charge >= 0.3 is 0 Å². The number of rotatable bonds is 7. The summed E-state index contributed by atoms with van der Waals surface area (Å²) >= 11 is 1.96. The Morgan fingerprint density at radius 3 is 2.50 bits per heavy atom. The molecule has 18 heavy (non-hydrogen) atoms. The van der Waals surface area contributed by atoms with Crippen molar-refractivity contribution in [3.8, 4) is 0 Å². The van der Waals surface area contributed by atoms with Crippen LogP contribution in [0.2, 0.25) is 0 Å². The number of nitrogens with one attached hydrogen (secondary N) is 1. The Kier molecular flexibility index (Phi) is 6.83. The normalized spacial score (nSPS) is 12.2. The maximum absolute atomic E-state index is 11.1. The molecule has 0 spiro atoms. The van der Waals surface area contributed by atoms with E-state index in [4.69, 9.17) is 5.84 Å². The molecule has 0 aliphatic rings. The summed E-state index contributed by atoms with van der Waals surface area (Å²) in [6.45, 7) is 4.50. The zero-order valence-electron chi connectivity index (χ0n) is 11.1. The summed E-state index contributed by atoms with van der Waals surface area (Å²) in [6, 6.07) is 8.16. The van der Waals surface area contributed by atoms with Gasteiger partial charge in [0.2, 0.25) is 5.91 Å². The lowest BCUT2D eigenvalue weighted by molar-refractivity contribution is -0.120. The first-order valence-corrected chi connectivity index (χ1v) is 7.46. The Bertz CT molecular complexity index is 365. The lowest BCUT2D eigenvalue weighted by Crippen LogP contribution is -2.31. The van der Waals surface area contributed by atoms with Crippen LogP contribution in [0.5, 0.6) is 0 Å². The van der Waals surface area contributed by atoms with E-state index in [-0.39, 0.29) is 5.91 Å². The van der Waals surface area contributed by atoms with Crippen LogP contribution in [0.25, 0.3) is 0 Å². The Hall–Kier alpha value is -1.00. The monoisotopic (exact) mass is 266 g/mol. The fourth-order valence-electron chi connectivity index (χ4n) is 1.49. The van der Waals surface area contributed by atoms with Gasteiger partial charge in [0.25, 0.3) is 0 Å². The number of hydrogen-bond donors (Lipinski definition) is 2. The highest BCUT2D eigenvalue weighted by molar-refractivity contribution is 7.98. The first-order valence-electron chi connectivity index (χ1n) is 6.30. The second-order valence-electron chi connectivity index (χ2n) is 4.59. The van der Waals surface area contributed by atoms with Crippen molar-refractivity contribution in [1.29, 1.82) is 0 Å². The van der Waals surface area contributed by atoms with E-state index < -0.39 is 0 Å². The number of nitrogens with two attached hydrogens (primary N) is 1. The Morgan fingerprint density at radius 1 is 1.33 bits per heavy atom. The van der Waals surface area contributed by atoms with Gasteiger partial charge < -0.3 is 0 Å². The molecule has 4 heteroatoms. The molecule has 1 amide bonds. The van der Waals surface area contributed by atoms with Crippen molar-refractivity contribution in [3.63, 3.8) is 0 Å². The van der Waals surface area contributed by atoms with Crippen LogP contribution in [0.3, 0.4) is 0 Å². The standard InChI is InChI=1S/C14H22N2OS/c1-3-11(2)9-18-10-13-6-4-12(5-7-13)8-14(17)16-15/h4-7,11H,3,8-10,15H2,1-2H3,(H,16,17). The van der Waals surface area contributed by atoms with E-state index in [1.54, 1.807) is 0 Å². The lowest BCUT2D eigenvalue weighted by Gasteiger charge is -2.08. The molecule has 3 nitrogen and oxygen atoms in total. The van der Waals surface area contributed by atoms with Crippen LogP contribution in [0, 0.1) is 5.92 Å². The van der Waals surface area contributed by atoms with Crippen molar-refractivity contribution < 1.29 is 4.79 Å². The number of carbonyl (C=O) groups excluding carboxylic acids is 1. The topological polar surface area (TPSA) is 55.1 Å². The average Bonchev–Trinajstić information content (AvgIpc) is 2.40. The van der Waals surface area contributed by atoms with Gasteiger partial charge in [-0.3, -0.25) is 10.2 Å². The minimum absolute atomic E-state index is 0.158. The van der Waals surface area contributed by atoms with Crippen LogP contribution < -0.4 is 11.3 Å². The van der Waals surface area contributed by atoms with Gasteiger partial charge in [-0.25, -0.2) is 5.84 Å². The highest BCUT2D eigenvalue weighted by atomic mass is 32.2. The van der Waals surface area contributed by atoms with E-state index in [1.165, 1.54) is 17.7 Å². The van der Waals surface area contributed by atoms with E-state index in [9.17, 15) is 4.79 Å². The van der Waals surface area contributed by atoms with Gasteiger partial charge in [-0.1, -0.05) is 44.5 Å². The molecule has 0 aliphatic carbocycles. The third-order valence-electron chi connectivity index (χ3n) is 2.92.